The van der Waals surface area contributed by atoms with Crippen molar-refractivity contribution in [1.82, 2.24) is 9.80 Å². The van der Waals surface area contributed by atoms with E-state index < -0.39 is 15.2 Å². The summed E-state index contributed by atoms with van der Waals surface area (Å²) >= 11 is 0. The van der Waals surface area contributed by atoms with Gasteiger partial charge < -0.3 is 9.80 Å². The Morgan fingerprint density at radius 2 is 1.58 bits per heavy atom. The van der Waals surface area contributed by atoms with Crippen molar-refractivity contribution >= 4 is 15.7 Å². The largest absolute Gasteiger partial charge is 0.316 e. The Morgan fingerprint density at radius 1 is 0.962 bits per heavy atom. The average Bonchev–Trinajstić information content (AvgIpc) is 2.96. The van der Waals surface area contributed by atoms with Gasteiger partial charge in [0.15, 0.2) is 5.37 Å². The molecule has 2 aromatic carbocycles. The molecule has 1 aliphatic heterocycles. The smallest absolute Gasteiger partial charge is 0.255 e. The van der Waals surface area contributed by atoms with E-state index in [9.17, 15) is 13.2 Å². The molecule has 2 aromatic rings. The number of rotatable bonds is 7. The summed E-state index contributed by atoms with van der Waals surface area (Å²) in [5, 5.41) is -0.968. The maximum Gasteiger partial charge on any atom is 0.255 e. The molecular weight excluding hydrogens is 348 g/mol. The SMILES string of the molecule is CCN(CC)CCN1C(=O)c2ccccc2[C@H]1S(=O)(=O)c1ccccc1. The van der Waals surface area contributed by atoms with E-state index in [1.165, 1.54) is 4.90 Å². The number of nitrogens with zero attached hydrogens (tertiary/aromatic N) is 2. The molecule has 1 heterocycles. The number of amides is 1. The lowest BCUT2D eigenvalue weighted by Crippen LogP contribution is -2.39. The molecule has 0 aromatic heterocycles. The van der Waals surface area contributed by atoms with E-state index in [2.05, 4.69) is 18.7 Å². The van der Waals surface area contributed by atoms with Gasteiger partial charge in [0.2, 0.25) is 9.84 Å². The van der Waals surface area contributed by atoms with E-state index in [0.29, 0.717) is 24.2 Å². The van der Waals surface area contributed by atoms with Gasteiger partial charge in [-0.15, -0.1) is 0 Å². The number of hydrogen-bond acceptors (Lipinski definition) is 4. The van der Waals surface area contributed by atoms with Crippen LogP contribution >= 0.6 is 0 Å². The third-order valence-corrected chi connectivity index (χ3v) is 6.94. The third-order valence-electron chi connectivity index (χ3n) is 4.92. The molecule has 0 aliphatic carbocycles. The Bertz CT molecular complexity index is 877. The molecule has 1 atom stereocenters. The molecule has 0 fully saturated rings. The number of benzene rings is 2. The van der Waals surface area contributed by atoms with Crippen molar-refractivity contribution in [1.29, 1.82) is 0 Å². The summed E-state index contributed by atoms with van der Waals surface area (Å²) in [6, 6.07) is 15.4. The molecule has 1 amide bonds. The van der Waals surface area contributed by atoms with Crippen molar-refractivity contribution < 1.29 is 13.2 Å². The monoisotopic (exact) mass is 372 g/mol. The van der Waals surface area contributed by atoms with Crippen molar-refractivity contribution in [2.75, 3.05) is 26.2 Å². The minimum atomic E-state index is -3.71. The molecule has 6 heteroatoms. The second kappa shape index (κ2) is 7.60. The maximum atomic E-state index is 13.3. The van der Waals surface area contributed by atoms with Gasteiger partial charge in [0.1, 0.15) is 0 Å². The molecule has 0 saturated carbocycles. The normalized spacial score (nSPS) is 17.0. The van der Waals surface area contributed by atoms with E-state index in [1.807, 2.05) is 0 Å². The molecule has 5 nitrogen and oxygen atoms in total. The van der Waals surface area contributed by atoms with Crippen molar-refractivity contribution in [3.63, 3.8) is 0 Å². The lowest BCUT2D eigenvalue weighted by atomic mass is 10.1. The Balaban J connectivity index is 2.02. The molecule has 138 valence electrons. The molecule has 0 spiro atoms. The van der Waals surface area contributed by atoms with Gasteiger partial charge in [0, 0.05) is 24.2 Å². The van der Waals surface area contributed by atoms with Crippen LogP contribution in [0.15, 0.2) is 59.5 Å². The molecule has 26 heavy (non-hydrogen) atoms. The average molecular weight is 372 g/mol. The zero-order valence-electron chi connectivity index (χ0n) is 15.1. The van der Waals surface area contributed by atoms with Crippen LogP contribution in [0.25, 0.3) is 0 Å². The fourth-order valence-electron chi connectivity index (χ4n) is 3.42. The van der Waals surface area contributed by atoms with Crippen LogP contribution in [0.1, 0.15) is 35.1 Å². The Labute approximate surface area is 155 Å². The third kappa shape index (κ3) is 3.27. The number of carbonyl (C=O) groups excluding carboxylic acids is 1. The van der Waals surface area contributed by atoms with E-state index in [1.54, 1.807) is 54.6 Å². The summed E-state index contributed by atoms with van der Waals surface area (Å²) in [4.78, 5) is 16.8. The molecule has 1 aliphatic rings. The first-order chi connectivity index (χ1) is 12.5. The van der Waals surface area contributed by atoms with Crippen LogP contribution in [0.2, 0.25) is 0 Å². The number of sulfone groups is 1. The lowest BCUT2D eigenvalue weighted by molar-refractivity contribution is 0.0749. The van der Waals surface area contributed by atoms with Gasteiger partial charge in [-0.3, -0.25) is 4.79 Å². The van der Waals surface area contributed by atoms with E-state index in [4.69, 9.17) is 0 Å². The minimum Gasteiger partial charge on any atom is -0.316 e. The highest BCUT2D eigenvalue weighted by Crippen LogP contribution is 2.40. The zero-order chi connectivity index (χ0) is 18.7. The number of carbonyl (C=O) groups is 1. The van der Waals surface area contributed by atoms with Gasteiger partial charge in [0.25, 0.3) is 5.91 Å². The van der Waals surface area contributed by atoms with E-state index >= 15 is 0 Å². The highest BCUT2D eigenvalue weighted by molar-refractivity contribution is 7.91. The predicted octanol–water partition coefficient (Wildman–Crippen LogP) is 2.96. The second-order valence-electron chi connectivity index (χ2n) is 6.32. The van der Waals surface area contributed by atoms with Crippen LogP contribution in [-0.4, -0.2) is 50.3 Å². The first-order valence-corrected chi connectivity index (χ1v) is 10.5. The second-order valence-corrected chi connectivity index (χ2v) is 8.33. The zero-order valence-corrected chi connectivity index (χ0v) is 15.9. The summed E-state index contributed by atoms with van der Waals surface area (Å²) in [6.07, 6.45) is 0. The molecule has 0 N–H and O–H groups in total. The van der Waals surface area contributed by atoms with Gasteiger partial charge in [-0.1, -0.05) is 50.2 Å². The number of hydrogen-bond donors (Lipinski definition) is 0. The highest BCUT2D eigenvalue weighted by Gasteiger charge is 2.44. The topological polar surface area (TPSA) is 57.7 Å². The van der Waals surface area contributed by atoms with E-state index in [0.717, 1.165) is 13.1 Å². The van der Waals surface area contributed by atoms with Gasteiger partial charge >= 0.3 is 0 Å². The minimum absolute atomic E-state index is 0.211. The van der Waals surface area contributed by atoms with Gasteiger partial charge in [-0.2, -0.15) is 0 Å². The summed E-state index contributed by atoms with van der Waals surface area (Å²) in [6.45, 7) is 6.87. The van der Waals surface area contributed by atoms with Gasteiger partial charge in [0.05, 0.1) is 4.90 Å². The van der Waals surface area contributed by atoms with Crippen molar-refractivity contribution in [2.45, 2.75) is 24.1 Å². The molecule has 0 bridgehead atoms. The molecule has 3 rings (SSSR count). The fraction of sp³-hybridized carbons (Fsp3) is 0.350. The van der Waals surface area contributed by atoms with Gasteiger partial charge in [-0.25, -0.2) is 8.42 Å². The lowest BCUT2D eigenvalue weighted by Gasteiger charge is -2.28. The molecule has 0 saturated heterocycles. The van der Waals surface area contributed by atoms with Crippen LogP contribution in [-0.2, 0) is 9.84 Å². The molecular formula is C20H24N2O3S. The maximum absolute atomic E-state index is 13.3. The quantitative estimate of drug-likeness (QED) is 0.750. The molecule has 0 radical (unpaired) electrons. The highest BCUT2D eigenvalue weighted by atomic mass is 32.2. The molecule has 0 unspecified atom stereocenters. The first kappa shape index (κ1) is 18.6. The van der Waals surface area contributed by atoms with Crippen molar-refractivity contribution in [3.05, 3.63) is 65.7 Å². The van der Waals surface area contributed by atoms with E-state index in [-0.39, 0.29) is 10.8 Å². The van der Waals surface area contributed by atoms with Crippen LogP contribution < -0.4 is 0 Å². The fourth-order valence-corrected chi connectivity index (χ4v) is 5.29. The first-order valence-electron chi connectivity index (χ1n) is 8.91. The standard InChI is InChI=1S/C20H24N2O3S/c1-3-21(4-2)14-15-22-19(23)17-12-8-9-13-18(17)20(22)26(24,25)16-10-6-5-7-11-16/h5-13,20H,3-4,14-15H2,1-2H3/t20-/m1/s1. The van der Waals surface area contributed by atoms with Crippen LogP contribution in [0.3, 0.4) is 0 Å². The predicted molar refractivity (Wildman–Crippen MR) is 102 cm³/mol. The summed E-state index contributed by atoms with van der Waals surface area (Å²) in [7, 11) is -3.71. The summed E-state index contributed by atoms with van der Waals surface area (Å²) in [5.41, 5.74) is 1.05. The number of likely N-dealkylation sites (N-methyl/N-ethyl adjacent to an activating group) is 1. The van der Waals surface area contributed by atoms with Crippen LogP contribution in [0, 0.1) is 0 Å². The summed E-state index contributed by atoms with van der Waals surface area (Å²) < 4.78 is 26.7. The number of fused-ring (bicyclic) bond motifs is 1. The Morgan fingerprint density at radius 3 is 2.23 bits per heavy atom. The Kier molecular flexibility index (Phi) is 5.44. The van der Waals surface area contributed by atoms with Crippen LogP contribution in [0.4, 0.5) is 0 Å². The van der Waals surface area contributed by atoms with Crippen molar-refractivity contribution in [2.24, 2.45) is 0 Å². The van der Waals surface area contributed by atoms with Gasteiger partial charge in [-0.05, 0) is 31.3 Å². The summed E-state index contributed by atoms with van der Waals surface area (Å²) in [5.74, 6) is -0.211. The van der Waals surface area contributed by atoms with Crippen molar-refractivity contribution in [3.8, 4) is 0 Å². The Hall–Kier alpha value is -2.18. The van der Waals surface area contributed by atoms with Crippen LogP contribution in [0.5, 0.6) is 0 Å².